The van der Waals surface area contributed by atoms with Crippen LogP contribution in [0.1, 0.15) is 16.8 Å². The van der Waals surface area contributed by atoms with E-state index in [2.05, 4.69) is 5.32 Å². The Hall–Kier alpha value is -3.62. The SMILES string of the molecule is CN(C)c1nc(-c2ccccc2)nc2c1CN(C(=O)Nc1ccc(C(F)(F)F)cc1)CC2. The molecule has 3 aromatic rings. The van der Waals surface area contributed by atoms with Crippen molar-refractivity contribution in [3.8, 4) is 11.4 Å². The normalized spacial score (nSPS) is 13.5. The minimum absolute atomic E-state index is 0.303. The molecule has 32 heavy (non-hydrogen) atoms. The van der Waals surface area contributed by atoms with Crippen LogP contribution in [-0.2, 0) is 19.1 Å². The number of aromatic nitrogens is 2. The number of amides is 2. The summed E-state index contributed by atoms with van der Waals surface area (Å²) in [6, 6.07) is 13.7. The Morgan fingerprint density at radius 2 is 1.72 bits per heavy atom. The third kappa shape index (κ3) is 4.51. The van der Waals surface area contributed by atoms with Crippen molar-refractivity contribution in [2.24, 2.45) is 0 Å². The molecule has 2 aromatic carbocycles. The molecule has 0 saturated heterocycles. The van der Waals surface area contributed by atoms with Crippen molar-refractivity contribution < 1.29 is 18.0 Å². The quantitative estimate of drug-likeness (QED) is 0.633. The highest BCUT2D eigenvalue weighted by molar-refractivity contribution is 5.89. The van der Waals surface area contributed by atoms with Gasteiger partial charge >= 0.3 is 12.2 Å². The number of halogens is 3. The Balaban J connectivity index is 1.54. The van der Waals surface area contributed by atoms with Gasteiger partial charge in [0.25, 0.3) is 0 Å². The van der Waals surface area contributed by atoms with Crippen LogP contribution in [0.25, 0.3) is 11.4 Å². The second-order valence-electron chi connectivity index (χ2n) is 7.73. The van der Waals surface area contributed by atoms with Crippen LogP contribution in [0.15, 0.2) is 54.6 Å². The van der Waals surface area contributed by atoms with Crippen molar-refractivity contribution in [1.29, 1.82) is 0 Å². The molecule has 166 valence electrons. The van der Waals surface area contributed by atoms with Gasteiger partial charge in [-0.1, -0.05) is 30.3 Å². The van der Waals surface area contributed by atoms with E-state index in [0.717, 1.165) is 34.8 Å². The summed E-state index contributed by atoms with van der Waals surface area (Å²) in [5.74, 6) is 1.37. The van der Waals surface area contributed by atoms with Crippen LogP contribution in [0.5, 0.6) is 0 Å². The maximum atomic E-state index is 12.8. The van der Waals surface area contributed by atoms with E-state index >= 15 is 0 Å². The lowest BCUT2D eigenvalue weighted by molar-refractivity contribution is -0.137. The summed E-state index contributed by atoms with van der Waals surface area (Å²) < 4.78 is 38.2. The molecule has 4 rings (SSSR count). The average molecular weight is 441 g/mol. The number of nitrogens with one attached hydrogen (secondary N) is 1. The fourth-order valence-electron chi connectivity index (χ4n) is 3.60. The van der Waals surface area contributed by atoms with Crippen LogP contribution in [0, 0.1) is 0 Å². The number of anilines is 2. The molecule has 9 heteroatoms. The molecule has 1 aliphatic rings. The van der Waals surface area contributed by atoms with Gasteiger partial charge in [0.05, 0.1) is 17.8 Å². The lowest BCUT2D eigenvalue weighted by atomic mass is 10.1. The van der Waals surface area contributed by atoms with E-state index < -0.39 is 11.7 Å². The average Bonchev–Trinajstić information content (AvgIpc) is 2.78. The van der Waals surface area contributed by atoms with Crippen molar-refractivity contribution in [1.82, 2.24) is 14.9 Å². The maximum absolute atomic E-state index is 12.8. The minimum Gasteiger partial charge on any atom is -0.362 e. The summed E-state index contributed by atoms with van der Waals surface area (Å²) in [6.07, 6.45) is -3.86. The number of nitrogens with zero attached hydrogens (tertiary/aromatic N) is 4. The van der Waals surface area contributed by atoms with E-state index in [-0.39, 0.29) is 6.03 Å². The number of carbonyl (C=O) groups excluding carboxylic acids is 1. The van der Waals surface area contributed by atoms with Gasteiger partial charge in [0.15, 0.2) is 5.82 Å². The zero-order valence-electron chi connectivity index (χ0n) is 17.6. The fourth-order valence-corrected chi connectivity index (χ4v) is 3.60. The van der Waals surface area contributed by atoms with Crippen LogP contribution in [0.3, 0.4) is 0 Å². The molecular formula is C23H22F3N5O. The molecule has 0 unspecified atom stereocenters. The number of alkyl halides is 3. The first-order valence-electron chi connectivity index (χ1n) is 10.1. The third-order valence-corrected chi connectivity index (χ3v) is 5.24. The van der Waals surface area contributed by atoms with E-state index in [4.69, 9.17) is 9.97 Å². The highest BCUT2D eigenvalue weighted by atomic mass is 19.4. The second-order valence-corrected chi connectivity index (χ2v) is 7.73. The van der Waals surface area contributed by atoms with Gasteiger partial charge < -0.3 is 15.1 Å². The molecule has 0 fully saturated rings. The van der Waals surface area contributed by atoms with Gasteiger partial charge in [0.2, 0.25) is 0 Å². The Morgan fingerprint density at radius 3 is 2.34 bits per heavy atom. The number of hydrogen-bond acceptors (Lipinski definition) is 4. The van der Waals surface area contributed by atoms with Crippen molar-refractivity contribution in [2.45, 2.75) is 19.1 Å². The van der Waals surface area contributed by atoms with E-state index in [9.17, 15) is 18.0 Å². The number of rotatable bonds is 3. The highest BCUT2D eigenvalue weighted by Crippen LogP contribution is 2.31. The molecule has 2 amide bonds. The van der Waals surface area contributed by atoms with Gasteiger partial charge in [-0.05, 0) is 24.3 Å². The molecule has 0 spiro atoms. The van der Waals surface area contributed by atoms with Gasteiger partial charge in [0.1, 0.15) is 5.82 Å². The van der Waals surface area contributed by atoms with Crippen LogP contribution in [0.2, 0.25) is 0 Å². The van der Waals surface area contributed by atoms with E-state index in [0.29, 0.717) is 31.0 Å². The first kappa shape index (κ1) is 21.6. The monoisotopic (exact) mass is 441 g/mol. The number of fused-ring (bicyclic) bond motifs is 1. The predicted octanol–water partition coefficient (Wildman–Crippen LogP) is 4.82. The molecular weight excluding hydrogens is 419 g/mol. The molecule has 2 heterocycles. The Bertz CT molecular complexity index is 1110. The Kier molecular flexibility index (Phi) is 5.73. The third-order valence-electron chi connectivity index (χ3n) is 5.24. The second kappa shape index (κ2) is 8.49. The molecule has 1 N–H and O–H groups in total. The summed E-state index contributed by atoms with van der Waals surface area (Å²) in [4.78, 5) is 25.7. The van der Waals surface area contributed by atoms with Crippen LogP contribution >= 0.6 is 0 Å². The van der Waals surface area contributed by atoms with E-state index in [1.165, 1.54) is 12.1 Å². The van der Waals surface area contributed by atoms with Crippen LogP contribution < -0.4 is 10.2 Å². The van der Waals surface area contributed by atoms with Crippen molar-refractivity contribution in [2.75, 3.05) is 30.9 Å². The van der Waals surface area contributed by atoms with Gasteiger partial charge in [-0.15, -0.1) is 0 Å². The number of carbonyl (C=O) groups is 1. The molecule has 1 aromatic heterocycles. The molecule has 6 nitrogen and oxygen atoms in total. The zero-order chi connectivity index (χ0) is 22.9. The lowest BCUT2D eigenvalue weighted by Gasteiger charge is -2.31. The molecule has 0 saturated carbocycles. The van der Waals surface area contributed by atoms with Crippen LogP contribution in [-0.4, -0.2) is 41.5 Å². The zero-order valence-corrected chi connectivity index (χ0v) is 17.6. The van der Waals surface area contributed by atoms with Gasteiger partial charge in [-0.3, -0.25) is 0 Å². The van der Waals surface area contributed by atoms with E-state index in [1.54, 1.807) is 4.90 Å². The Labute approximate surface area is 183 Å². The van der Waals surface area contributed by atoms with Gasteiger partial charge in [0, 0.05) is 43.9 Å². The van der Waals surface area contributed by atoms with Gasteiger partial charge in [-0.2, -0.15) is 13.2 Å². The molecule has 1 aliphatic heterocycles. The Morgan fingerprint density at radius 1 is 1.03 bits per heavy atom. The molecule has 0 radical (unpaired) electrons. The first-order valence-corrected chi connectivity index (χ1v) is 10.1. The number of hydrogen-bond donors (Lipinski definition) is 1. The van der Waals surface area contributed by atoms with Crippen molar-refractivity contribution >= 4 is 17.5 Å². The van der Waals surface area contributed by atoms with Gasteiger partial charge in [-0.25, -0.2) is 14.8 Å². The summed E-state index contributed by atoms with van der Waals surface area (Å²) in [6.45, 7) is 0.752. The highest BCUT2D eigenvalue weighted by Gasteiger charge is 2.30. The van der Waals surface area contributed by atoms with Crippen molar-refractivity contribution in [3.05, 3.63) is 71.4 Å². The smallest absolute Gasteiger partial charge is 0.362 e. The topological polar surface area (TPSA) is 61.4 Å². The standard InChI is InChI=1S/C23H22F3N5O/c1-30(2)21-18-14-31(22(32)27-17-10-8-16(9-11-17)23(24,25)26)13-12-19(18)28-20(29-21)15-6-4-3-5-7-15/h3-11H,12-14H2,1-2H3,(H,27,32). The minimum atomic E-state index is -4.42. The summed E-state index contributed by atoms with van der Waals surface area (Å²) in [5, 5.41) is 2.67. The maximum Gasteiger partial charge on any atom is 0.416 e. The summed E-state index contributed by atoms with van der Waals surface area (Å²) in [5.41, 5.74) is 2.22. The van der Waals surface area contributed by atoms with Crippen molar-refractivity contribution in [3.63, 3.8) is 0 Å². The number of urea groups is 1. The predicted molar refractivity (Wildman–Crippen MR) is 116 cm³/mol. The van der Waals surface area contributed by atoms with Crippen LogP contribution in [0.4, 0.5) is 29.5 Å². The largest absolute Gasteiger partial charge is 0.416 e. The summed E-state index contributed by atoms with van der Waals surface area (Å²) in [7, 11) is 3.78. The molecule has 0 atom stereocenters. The first-order chi connectivity index (χ1) is 15.2. The fraction of sp³-hybridized carbons (Fsp3) is 0.261. The summed E-state index contributed by atoms with van der Waals surface area (Å²) >= 11 is 0. The lowest BCUT2D eigenvalue weighted by Crippen LogP contribution is -2.40. The number of benzene rings is 2. The molecule has 0 aliphatic carbocycles. The van der Waals surface area contributed by atoms with E-state index in [1.807, 2.05) is 49.3 Å². The molecule has 0 bridgehead atoms.